The Balaban J connectivity index is 0.000000208. The fourth-order valence-corrected chi connectivity index (χ4v) is 8.19. The predicted molar refractivity (Wildman–Crippen MR) is 229 cm³/mol. The number of esters is 1. The number of hydrogen-bond donors (Lipinski definition) is 1. The maximum absolute atomic E-state index is 12.6. The van der Waals surface area contributed by atoms with Crippen LogP contribution in [0.3, 0.4) is 0 Å². The number of hydrogen-bond acceptors (Lipinski definition) is 8. The van der Waals surface area contributed by atoms with E-state index in [-0.39, 0.29) is 21.7 Å². The molecule has 7 nitrogen and oxygen atoms in total. The smallest absolute Gasteiger partial charge is 0.478 e. The van der Waals surface area contributed by atoms with E-state index in [0.717, 1.165) is 39.5 Å². The number of carbonyl (C=O) groups is 2. The van der Waals surface area contributed by atoms with Crippen LogP contribution in [0.5, 0.6) is 5.75 Å². The Morgan fingerprint density at radius 1 is 0.638 bits per heavy atom. The summed E-state index contributed by atoms with van der Waals surface area (Å²) in [6, 6.07) is 23.7. The summed E-state index contributed by atoms with van der Waals surface area (Å²) in [5.41, 5.74) is 4.92. The fraction of sp³-hybridized carbons (Fsp3) is 0.0500. The highest BCUT2D eigenvalue weighted by Gasteiger charge is 2.31. The van der Waals surface area contributed by atoms with Crippen LogP contribution in [0, 0.1) is 0 Å². The van der Waals surface area contributed by atoms with Gasteiger partial charge >= 0.3 is 18.3 Å². The number of aromatic nitrogens is 2. The van der Waals surface area contributed by atoms with Gasteiger partial charge in [-0.2, -0.15) is 0 Å². The standard InChI is InChI=1S/C23H11Cl3F3NO3S.C17H10BrCl2NO2S/c24-17-6-3-13(33-23(27,28)29)9-15(17)14-4-1-12(7-16(14)22(31)32)21-30-20(10-34-21)11-2-5-18(25)19(26)8-11;1-23-17(22)11-6-10(2-4-12(11)18)16-21-15(8-24-16)9-3-5-13(19)14(20)7-9/h1-10H,(H,31,32);2-8H,1H3. The average molecular weight is 988 g/mol. The number of ether oxygens (including phenoxy) is 2. The Hall–Kier alpha value is -4.18. The van der Waals surface area contributed by atoms with Crippen LogP contribution < -0.4 is 4.74 Å². The molecule has 58 heavy (non-hydrogen) atoms. The van der Waals surface area contributed by atoms with E-state index < -0.39 is 24.1 Å². The van der Waals surface area contributed by atoms with Crippen LogP contribution >= 0.6 is 96.6 Å². The van der Waals surface area contributed by atoms with Gasteiger partial charge in [0.25, 0.3) is 0 Å². The summed E-state index contributed by atoms with van der Waals surface area (Å²) in [6.07, 6.45) is -4.90. The summed E-state index contributed by atoms with van der Waals surface area (Å²) >= 11 is 36.3. The molecule has 0 spiro atoms. The molecule has 0 aliphatic heterocycles. The van der Waals surface area contributed by atoms with Gasteiger partial charge in [-0.15, -0.1) is 35.8 Å². The van der Waals surface area contributed by atoms with Crippen molar-refractivity contribution in [2.24, 2.45) is 0 Å². The van der Waals surface area contributed by atoms with Gasteiger partial charge in [-0.1, -0.05) is 88.3 Å². The van der Waals surface area contributed by atoms with Gasteiger partial charge in [0.15, 0.2) is 0 Å². The Morgan fingerprint density at radius 3 is 1.64 bits per heavy atom. The number of nitrogens with zero attached hydrogens (tertiary/aromatic N) is 2. The Bertz CT molecular complexity index is 2690. The minimum absolute atomic E-state index is 0.0703. The molecule has 0 bridgehead atoms. The average Bonchev–Trinajstić information content (AvgIpc) is 3.89. The molecule has 0 atom stereocenters. The highest BCUT2D eigenvalue weighted by molar-refractivity contribution is 9.10. The first kappa shape index (κ1) is 43.4. The number of carbonyl (C=O) groups excluding carboxylic acids is 1. The van der Waals surface area contributed by atoms with Gasteiger partial charge in [0.05, 0.1) is 49.7 Å². The summed E-state index contributed by atoms with van der Waals surface area (Å²) in [7, 11) is 1.35. The minimum atomic E-state index is -4.90. The molecule has 2 aromatic heterocycles. The van der Waals surface area contributed by atoms with Crippen LogP contribution in [0.4, 0.5) is 13.2 Å². The maximum Gasteiger partial charge on any atom is 0.573 e. The summed E-state index contributed by atoms with van der Waals surface area (Å²) in [6.45, 7) is 0. The molecule has 296 valence electrons. The lowest BCUT2D eigenvalue weighted by Gasteiger charge is -2.13. The van der Waals surface area contributed by atoms with Crippen molar-refractivity contribution >= 4 is 109 Å². The van der Waals surface area contributed by atoms with Gasteiger partial charge in [0, 0.05) is 48.1 Å². The van der Waals surface area contributed by atoms with Crippen LogP contribution in [0.25, 0.3) is 54.8 Å². The molecule has 0 aliphatic carbocycles. The Kier molecular flexibility index (Phi) is 13.8. The molecule has 7 aromatic rings. The summed E-state index contributed by atoms with van der Waals surface area (Å²) in [4.78, 5) is 33.0. The van der Waals surface area contributed by atoms with E-state index in [4.69, 9.17) is 62.7 Å². The van der Waals surface area contributed by atoms with E-state index in [0.29, 0.717) is 46.4 Å². The van der Waals surface area contributed by atoms with Crippen LogP contribution in [0.15, 0.2) is 106 Å². The molecule has 0 saturated carbocycles. The second-order valence-corrected chi connectivity index (χ2v) is 16.4. The minimum Gasteiger partial charge on any atom is -0.478 e. The number of carboxylic acids is 1. The lowest BCUT2D eigenvalue weighted by Crippen LogP contribution is -2.17. The largest absolute Gasteiger partial charge is 0.573 e. The van der Waals surface area contributed by atoms with E-state index in [1.807, 2.05) is 23.6 Å². The number of carboxylic acid groups (broad SMARTS) is 1. The molecule has 18 heteroatoms. The highest BCUT2D eigenvalue weighted by atomic mass is 79.9. The van der Waals surface area contributed by atoms with Crippen molar-refractivity contribution < 1.29 is 37.3 Å². The van der Waals surface area contributed by atoms with Crippen molar-refractivity contribution in [3.63, 3.8) is 0 Å². The molecule has 0 amide bonds. The second-order valence-electron chi connectivity index (χ2n) is 11.8. The van der Waals surface area contributed by atoms with E-state index >= 15 is 0 Å². The number of thiazole rings is 2. The topological polar surface area (TPSA) is 98.6 Å². The molecule has 1 N–H and O–H groups in total. The first-order valence-corrected chi connectivity index (χ1v) is 20.6. The predicted octanol–water partition coefficient (Wildman–Crippen LogP) is 15.0. The quantitative estimate of drug-likeness (QED) is 0.151. The molecule has 0 fully saturated rings. The second kappa shape index (κ2) is 18.4. The molecule has 0 unspecified atom stereocenters. The zero-order valence-electron chi connectivity index (χ0n) is 29.0. The Morgan fingerprint density at radius 2 is 1.14 bits per heavy atom. The summed E-state index contributed by atoms with van der Waals surface area (Å²) in [5.74, 6) is -2.19. The van der Waals surface area contributed by atoms with Gasteiger partial charge < -0.3 is 14.6 Å². The van der Waals surface area contributed by atoms with E-state index in [2.05, 4.69) is 30.6 Å². The third-order valence-electron chi connectivity index (χ3n) is 8.02. The third-order valence-corrected chi connectivity index (χ3v) is 12.3. The third kappa shape index (κ3) is 10.3. The number of methoxy groups -OCH3 is 1. The van der Waals surface area contributed by atoms with Gasteiger partial charge in [0.1, 0.15) is 15.8 Å². The summed E-state index contributed by atoms with van der Waals surface area (Å²) in [5, 5.41) is 16.7. The first-order chi connectivity index (χ1) is 27.5. The fourth-order valence-electron chi connectivity index (χ4n) is 5.31. The van der Waals surface area contributed by atoms with Crippen molar-refractivity contribution in [2.75, 3.05) is 7.11 Å². The van der Waals surface area contributed by atoms with E-state index in [1.54, 1.807) is 47.8 Å². The molecule has 5 aromatic carbocycles. The van der Waals surface area contributed by atoms with Gasteiger partial charge in [-0.3, -0.25) is 0 Å². The van der Waals surface area contributed by atoms with Crippen LogP contribution in [-0.2, 0) is 4.74 Å². The maximum atomic E-state index is 12.6. The molecule has 7 rings (SSSR count). The molecule has 0 radical (unpaired) electrons. The van der Waals surface area contributed by atoms with E-state index in [1.165, 1.54) is 48.0 Å². The molecule has 0 aliphatic rings. The Labute approximate surface area is 369 Å². The normalized spacial score (nSPS) is 11.1. The number of rotatable bonds is 8. The molecular formula is C40H21BrCl5F3N2O5S2. The lowest BCUT2D eigenvalue weighted by atomic mass is 9.97. The van der Waals surface area contributed by atoms with Crippen molar-refractivity contribution in [1.29, 1.82) is 0 Å². The van der Waals surface area contributed by atoms with Crippen molar-refractivity contribution in [1.82, 2.24) is 9.97 Å². The van der Waals surface area contributed by atoms with E-state index in [9.17, 15) is 27.9 Å². The number of aromatic carboxylic acids is 1. The monoisotopic (exact) mass is 984 g/mol. The van der Waals surface area contributed by atoms with Gasteiger partial charge in [-0.25, -0.2) is 19.6 Å². The highest BCUT2D eigenvalue weighted by Crippen LogP contribution is 2.39. The molecule has 0 saturated heterocycles. The molecular weight excluding hydrogens is 967 g/mol. The summed E-state index contributed by atoms with van der Waals surface area (Å²) < 4.78 is 47.3. The van der Waals surface area contributed by atoms with Crippen molar-refractivity contribution in [3.8, 4) is 60.5 Å². The zero-order chi connectivity index (χ0) is 41.9. The van der Waals surface area contributed by atoms with Crippen LogP contribution in [-0.4, -0.2) is 40.5 Å². The van der Waals surface area contributed by atoms with Gasteiger partial charge in [0.2, 0.25) is 0 Å². The zero-order valence-corrected chi connectivity index (χ0v) is 36.0. The van der Waals surface area contributed by atoms with Crippen molar-refractivity contribution in [3.05, 3.63) is 142 Å². The first-order valence-electron chi connectivity index (χ1n) is 16.1. The van der Waals surface area contributed by atoms with Crippen LogP contribution in [0.2, 0.25) is 25.1 Å². The molecule has 2 heterocycles. The lowest BCUT2D eigenvalue weighted by molar-refractivity contribution is -0.274. The van der Waals surface area contributed by atoms with Gasteiger partial charge in [-0.05, 0) is 82.2 Å². The number of alkyl halides is 3. The number of benzene rings is 5. The number of halogens is 9. The van der Waals surface area contributed by atoms with Crippen LogP contribution in [0.1, 0.15) is 20.7 Å². The van der Waals surface area contributed by atoms with Crippen molar-refractivity contribution in [2.45, 2.75) is 6.36 Å². The SMILES string of the molecule is COC(=O)c1cc(-c2nc(-c3ccc(Cl)c(Cl)c3)cs2)ccc1Br.O=C(O)c1cc(-c2nc(-c3ccc(Cl)c(Cl)c3)cs2)ccc1-c1cc(OC(F)(F)F)ccc1Cl.